The van der Waals surface area contributed by atoms with E-state index in [0.717, 1.165) is 35.0 Å². The van der Waals surface area contributed by atoms with Crippen LogP contribution in [0.1, 0.15) is 17.5 Å². The second-order valence-corrected chi connectivity index (χ2v) is 10.6. The van der Waals surface area contributed by atoms with E-state index in [2.05, 4.69) is 10.6 Å². The van der Waals surface area contributed by atoms with Crippen molar-refractivity contribution in [2.45, 2.75) is 24.7 Å². The molecule has 0 amide bonds. The van der Waals surface area contributed by atoms with Crippen molar-refractivity contribution in [3.05, 3.63) is 94.3 Å². The summed E-state index contributed by atoms with van der Waals surface area (Å²) in [5.41, 5.74) is 3.99. The molecule has 0 bridgehead atoms. The van der Waals surface area contributed by atoms with E-state index in [0.29, 0.717) is 28.6 Å². The lowest BCUT2D eigenvalue weighted by molar-refractivity contribution is 0.560. The molecule has 0 spiro atoms. The highest BCUT2D eigenvalue weighted by Gasteiger charge is 2.28. The maximum atomic E-state index is 13.3. The summed E-state index contributed by atoms with van der Waals surface area (Å²) < 4.78 is 33.4. The van der Waals surface area contributed by atoms with Gasteiger partial charge in [-0.3, -0.25) is 4.31 Å². The van der Waals surface area contributed by atoms with Crippen LogP contribution in [-0.4, -0.2) is 20.1 Å². The molecule has 9 heteroatoms. The third kappa shape index (κ3) is 4.65. The fourth-order valence-corrected chi connectivity index (χ4v) is 6.06. The van der Waals surface area contributed by atoms with Crippen molar-refractivity contribution in [2.24, 2.45) is 0 Å². The normalized spacial score (nSPS) is 13.3. The van der Waals surface area contributed by atoms with Gasteiger partial charge in [0.05, 0.1) is 10.6 Å². The molecule has 1 aromatic heterocycles. The fourth-order valence-electron chi connectivity index (χ4n) is 4.28. The Balaban J connectivity index is 1.30. The predicted molar refractivity (Wildman–Crippen MR) is 143 cm³/mol. The molecule has 0 saturated heterocycles. The van der Waals surface area contributed by atoms with Gasteiger partial charge in [-0.1, -0.05) is 18.2 Å². The number of para-hydroxylation sites is 1. The van der Waals surface area contributed by atoms with Crippen LogP contribution in [0.3, 0.4) is 0 Å². The SMILES string of the molecule is Cc1cc(=O)oc2cc(NC(=S)Nc3ccc(S(=O)(=O)N4CCCc5ccccc54)cc3)ccc12. The first kappa shape index (κ1) is 23.1. The maximum Gasteiger partial charge on any atom is 0.336 e. The monoisotopic (exact) mass is 505 g/mol. The van der Waals surface area contributed by atoms with Gasteiger partial charge >= 0.3 is 5.63 Å². The fraction of sp³-hybridized carbons (Fsp3) is 0.154. The molecule has 3 aromatic carbocycles. The summed E-state index contributed by atoms with van der Waals surface area (Å²) in [4.78, 5) is 11.9. The zero-order valence-electron chi connectivity index (χ0n) is 18.9. The van der Waals surface area contributed by atoms with Crippen LogP contribution in [0, 0.1) is 6.92 Å². The van der Waals surface area contributed by atoms with Crippen molar-refractivity contribution >= 4 is 55.4 Å². The first-order valence-corrected chi connectivity index (χ1v) is 13.0. The van der Waals surface area contributed by atoms with Gasteiger partial charge in [-0.15, -0.1) is 0 Å². The Bertz CT molecular complexity index is 1600. The highest BCUT2D eigenvalue weighted by Crippen LogP contribution is 2.32. The van der Waals surface area contributed by atoms with Crippen LogP contribution in [0.5, 0.6) is 0 Å². The molecule has 0 fully saturated rings. The van der Waals surface area contributed by atoms with E-state index in [1.807, 2.05) is 43.3 Å². The molecule has 4 aromatic rings. The zero-order valence-corrected chi connectivity index (χ0v) is 20.6. The van der Waals surface area contributed by atoms with Gasteiger partial charge in [0, 0.05) is 35.4 Å². The Morgan fingerprint density at radius 1 is 0.971 bits per heavy atom. The van der Waals surface area contributed by atoms with E-state index < -0.39 is 15.6 Å². The Labute approximate surface area is 208 Å². The first-order chi connectivity index (χ1) is 16.8. The van der Waals surface area contributed by atoms with Gasteiger partial charge in [-0.2, -0.15) is 0 Å². The van der Waals surface area contributed by atoms with Crippen molar-refractivity contribution in [3.63, 3.8) is 0 Å². The lowest BCUT2D eigenvalue weighted by atomic mass is 10.0. The third-order valence-electron chi connectivity index (χ3n) is 5.98. The third-order valence-corrected chi connectivity index (χ3v) is 8.01. The summed E-state index contributed by atoms with van der Waals surface area (Å²) in [7, 11) is -3.68. The number of fused-ring (bicyclic) bond motifs is 2. The van der Waals surface area contributed by atoms with E-state index in [4.69, 9.17) is 16.6 Å². The molecule has 0 aliphatic carbocycles. The van der Waals surface area contributed by atoms with Crippen LogP contribution >= 0.6 is 12.2 Å². The first-order valence-electron chi connectivity index (χ1n) is 11.1. The summed E-state index contributed by atoms with van der Waals surface area (Å²) in [6, 6.07) is 21.0. The van der Waals surface area contributed by atoms with Crippen molar-refractivity contribution in [2.75, 3.05) is 21.5 Å². The van der Waals surface area contributed by atoms with Crippen LogP contribution in [0.2, 0.25) is 0 Å². The standard InChI is InChI=1S/C26H23N3O4S2/c1-17-15-25(30)33-24-16-20(10-13-22(17)24)28-26(34)27-19-8-11-21(12-9-19)35(31,32)29-14-4-6-18-5-2-3-7-23(18)29/h2-3,5,7-13,15-16H,4,6,14H2,1H3,(H2,27,28,34). The summed E-state index contributed by atoms with van der Waals surface area (Å²) >= 11 is 5.40. The molecule has 178 valence electrons. The molecule has 7 nitrogen and oxygen atoms in total. The number of aryl methyl sites for hydroxylation is 2. The molecule has 0 unspecified atom stereocenters. The molecule has 0 saturated carbocycles. The van der Waals surface area contributed by atoms with E-state index in [9.17, 15) is 13.2 Å². The van der Waals surface area contributed by atoms with Crippen molar-refractivity contribution in [1.29, 1.82) is 0 Å². The number of nitrogens with one attached hydrogen (secondary N) is 2. The van der Waals surface area contributed by atoms with Crippen LogP contribution < -0.4 is 20.6 Å². The van der Waals surface area contributed by atoms with Crippen molar-refractivity contribution < 1.29 is 12.8 Å². The van der Waals surface area contributed by atoms with Crippen LogP contribution in [0.4, 0.5) is 17.1 Å². The molecule has 2 N–H and O–H groups in total. The second-order valence-electron chi connectivity index (χ2n) is 8.37. The zero-order chi connectivity index (χ0) is 24.6. The second kappa shape index (κ2) is 9.16. The number of anilines is 3. The van der Waals surface area contributed by atoms with Gasteiger partial charge in [0.15, 0.2) is 5.11 Å². The van der Waals surface area contributed by atoms with Crippen LogP contribution in [-0.2, 0) is 16.4 Å². The molecule has 35 heavy (non-hydrogen) atoms. The maximum absolute atomic E-state index is 13.3. The van der Waals surface area contributed by atoms with Crippen LogP contribution in [0.25, 0.3) is 11.0 Å². The number of nitrogens with zero attached hydrogens (tertiary/aromatic N) is 1. The number of hydrogen-bond acceptors (Lipinski definition) is 5. The van der Waals surface area contributed by atoms with Crippen molar-refractivity contribution in [1.82, 2.24) is 0 Å². The van der Waals surface area contributed by atoms with E-state index in [1.54, 1.807) is 30.3 Å². The van der Waals surface area contributed by atoms with E-state index in [1.165, 1.54) is 10.4 Å². The number of benzene rings is 3. The minimum atomic E-state index is -3.68. The summed E-state index contributed by atoms with van der Waals surface area (Å²) in [5, 5.41) is 7.28. The number of thiocarbonyl (C=S) groups is 1. The average Bonchev–Trinajstić information content (AvgIpc) is 2.83. The molecule has 0 radical (unpaired) electrons. The smallest absolute Gasteiger partial charge is 0.336 e. The van der Waals surface area contributed by atoms with E-state index in [-0.39, 0.29) is 4.90 Å². The number of hydrogen-bond donors (Lipinski definition) is 2. The number of rotatable bonds is 4. The number of sulfonamides is 1. The average molecular weight is 506 g/mol. The lowest BCUT2D eigenvalue weighted by Gasteiger charge is -2.30. The molecule has 1 aliphatic rings. The van der Waals surface area contributed by atoms with Crippen LogP contribution in [0.15, 0.2) is 86.9 Å². The molecule has 1 aliphatic heterocycles. The highest BCUT2D eigenvalue weighted by molar-refractivity contribution is 7.92. The lowest BCUT2D eigenvalue weighted by Crippen LogP contribution is -2.35. The van der Waals surface area contributed by atoms with E-state index >= 15 is 0 Å². The van der Waals surface area contributed by atoms with Gasteiger partial charge in [0.25, 0.3) is 10.0 Å². The summed E-state index contributed by atoms with van der Waals surface area (Å²) in [6.45, 7) is 2.31. The molecular formula is C26H23N3O4S2. The topological polar surface area (TPSA) is 91.6 Å². The highest BCUT2D eigenvalue weighted by atomic mass is 32.2. The minimum Gasteiger partial charge on any atom is -0.423 e. The summed E-state index contributed by atoms with van der Waals surface area (Å²) in [6.07, 6.45) is 1.66. The summed E-state index contributed by atoms with van der Waals surface area (Å²) in [5.74, 6) is 0. The van der Waals surface area contributed by atoms with Gasteiger partial charge in [0.2, 0.25) is 0 Å². The van der Waals surface area contributed by atoms with Gasteiger partial charge in [-0.25, -0.2) is 13.2 Å². The van der Waals surface area contributed by atoms with Gasteiger partial charge in [0.1, 0.15) is 5.58 Å². The van der Waals surface area contributed by atoms with Crippen molar-refractivity contribution in [3.8, 4) is 0 Å². The predicted octanol–water partition coefficient (Wildman–Crippen LogP) is 5.05. The molecule has 0 atom stereocenters. The van der Waals surface area contributed by atoms with Gasteiger partial charge < -0.3 is 15.1 Å². The Morgan fingerprint density at radius 3 is 2.49 bits per heavy atom. The molecule has 2 heterocycles. The Kier molecular flexibility index (Phi) is 6.04. The Morgan fingerprint density at radius 2 is 1.69 bits per heavy atom. The Hall–Kier alpha value is -3.69. The van der Waals surface area contributed by atoms with Gasteiger partial charge in [-0.05, 0) is 85.6 Å². The largest absolute Gasteiger partial charge is 0.423 e. The molecule has 5 rings (SSSR count). The molecular weight excluding hydrogens is 482 g/mol. The minimum absolute atomic E-state index is 0.221. The quantitative estimate of drug-likeness (QED) is 0.296.